The van der Waals surface area contributed by atoms with E-state index < -0.39 is 0 Å². The molecule has 1 aliphatic heterocycles. The molecule has 5 nitrogen and oxygen atoms in total. The fraction of sp³-hybridized carbons (Fsp3) is 0.909. The highest BCUT2D eigenvalue weighted by molar-refractivity contribution is 4.67. The molecule has 0 aromatic rings. The zero-order valence-electron chi connectivity index (χ0n) is 9.85. The topological polar surface area (TPSA) is 54.7 Å². The number of hydrogen-bond donors (Lipinski definition) is 0. The van der Waals surface area contributed by atoms with Crippen LogP contribution in [0.2, 0.25) is 0 Å². The maximum Gasteiger partial charge on any atom is 0.108 e. The average Bonchev–Trinajstić information content (AvgIpc) is 2.34. The van der Waals surface area contributed by atoms with Crippen molar-refractivity contribution in [1.82, 2.24) is 4.90 Å². The molecule has 0 N–H and O–H groups in total. The van der Waals surface area contributed by atoms with Crippen molar-refractivity contribution in [3.63, 3.8) is 0 Å². The van der Waals surface area contributed by atoms with E-state index in [1.807, 2.05) is 13.0 Å². The summed E-state index contributed by atoms with van der Waals surface area (Å²) in [6.45, 7) is 7.08. The Hall–Kier alpha value is -0.670. The summed E-state index contributed by atoms with van der Waals surface area (Å²) in [6.07, 6.45) is 0.558. The van der Waals surface area contributed by atoms with E-state index in [1.165, 1.54) is 0 Å². The first-order valence-corrected chi connectivity index (χ1v) is 5.72. The fourth-order valence-electron chi connectivity index (χ4n) is 1.54. The van der Waals surface area contributed by atoms with E-state index >= 15 is 0 Å². The molecule has 5 heteroatoms. The molecular weight excluding hydrogens is 208 g/mol. The summed E-state index contributed by atoms with van der Waals surface area (Å²) < 4.78 is 16.1. The molecule has 1 atom stereocenters. The highest BCUT2D eigenvalue weighted by Gasteiger charge is 2.16. The zero-order chi connectivity index (χ0) is 11.6. The number of rotatable bonds is 7. The van der Waals surface area contributed by atoms with Crippen LogP contribution in [0, 0.1) is 11.3 Å². The third-order valence-electron chi connectivity index (χ3n) is 2.50. The summed E-state index contributed by atoms with van der Waals surface area (Å²) in [4.78, 5) is 2.25. The van der Waals surface area contributed by atoms with Gasteiger partial charge in [0.05, 0.1) is 45.5 Å². The third kappa shape index (κ3) is 5.42. The Kier molecular flexibility index (Phi) is 7.10. The van der Waals surface area contributed by atoms with Gasteiger partial charge < -0.3 is 14.2 Å². The van der Waals surface area contributed by atoms with Crippen LogP contribution in [0.3, 0.4) is 0 Å². The number of hydrogen-bond acceptors (Lipinski definition) is 5. The lowest BCUT2D eigenvalue weighted by Gasteiger charge is -2.31. The van der Waals surface area contributed by atoms with E-state index in [2.05, 4.69) is 4.90 Å². The van der Waals surface area contributed by atoms with Crippen LogP contribution in [0.1, 0.15) is 13.3 Å². The van der Waals surface area contributed by atoms with Crippen LogP contribution in [-0.2, 0) is 14.2 Å². The van der Waals surface area contributed by atoms with Crippen molar-refractivity contribution in [1.29, 1.82) is 5.26 Å². The molecule has 1 fully saturated rings. The van der Waals surface area contributed by atoms with Crippen LogP contribution in [0.4, 0.5) is 0 Å². The first-order chi connectivity index (χ1) is 7.84. The highest BCUT2D eigenvalue weighted by Crippen LogP contribution is 2.04. The number of morpholine rings is 1. The van der Waals surface area contributed by atoms with E-state index in [0.717, 1.165) is 26.3 Å². The van der Waals surface area contributed by atoms with Crippen LogP contribution in [0.15, 0.2) is 0 Å². The van der Waals surface area contributed by atoms with Crippen LogP contribution in [-0.4, -0.2) is 57.3 Å². The minimum atomic E-state index is 0.114. The van der Waals surface area contributed by atoms with E-state index in [9.17, 15) is 0 Å². The van der Waals surface area contributed by atoms with Crippen molar-refractivity contribution in [3.8, 4) is 6.07 Å². The summed E-state index contributed by atoms with van der Waals surface area (Å²) in [5.74, 6) is 0. The van der Waals surface area contributed by atoms with Crippen LogP contribution < -0.4 is 0 Å². The molecule has 0 aromatic heterocycles. The number of nitriles is 1. The molecule has 0 amide bonds. The Balaban J connectivity index is 1.97. The maximum atomic E-state index is 8.30. The molecule has 0 spiro atoms. The number of nitrogens with zero attached hydrogens (tertiary/aromatic N) is 2. The van der Waals surface area contributed by atoms with E-state index in [0.29, 0.717) is 26.2 Å². The van der Waals surface area contributed by atoms with E-state index in [4.69, 9.17) is 19.5 Å². The second-order valence-corrected chi connectivity index (χ2v) is 3.64. The molecule has 92 valence electrons. The molecule has 0 saturated carbocycles. The van der Waals surface area contributed by atoms with Crippen molar-refractivity contribution in [3.05, 3.63) is 0 Å². The Morgan fingerprint density at radius 1 is 1.31 bits per heavy atom. The Morgan fingerprint density at radius 2 is 2.06 bits per heavy atom. The predicted octanol–water partition coefficient (Wildman–Crippen LogP) is 0.611. The van der Waals surface area contributed by atoms with Gasteiger partial charge in [-0.15, -0.1) is 0 Å². The Morgan fingerprint density at radius 3 is 2.75 bits per heavy atom. The van der Waals surface area contributed by atoms with Gasteiger partial charge in [0.1, 0.15) is 6.23 Å². The molecule has 0 aromatic carbocycles. The van der Waals surface area contributed by atoms with Gasteiger partial charge in [0.25, 0.3) is 0 Å². The maximum absolute atomic E-state index is 8.30. The number of ether oxygens (including phenoxy) is 3. The highest BCUT2D eigenvalue weighted by atomic mass is 16.5. The summed E-state index contributed by atoms with van der Waals surface area (Å²) in [7, 11) is 0. The van der Waals surface area contributed by atoms with Crippen LogP contribution in [0.5, 0.6) is 0 Å². The molecule has 1 aliphatic rings. The van der Waals surface area contributed by atoms with Gasteiger partial charge in [-0.2, -0.15) is 5.26 Å². The predicted molar refractivity (Wildman–Crippen MR) is 58.9 cm³/mol. The van der Waals surface area contributed by atoms with Gasteiger partial charge in [-0.1, -0.05) is 0 Å². The minimum Gasteiger partial charge on any atom is -0.379 e. The monoisotopic (exact) mass is 228 g/mol. The molecule has 1 rings (SSSR count). The molecule has 1 saturated heterocycles. The van der Waals surface area contributed by atoms with Crippen molar-refractivity contribution in [2.75, 3.05) is 46.1 Å². The summed E-state index contributed by atoms with van der Waals surface area (Å²) in [5.41, 5.74) is 0. The molecule has 1 heterocycles. The zero-order valence-corrected chi connectivity index (χ0v) is 9.85. The van der Waals surface area contributed by atoms with E-state index in [-0.39, 0.29) is 6.23 Å². The van der Waals surface area contributed by atoms with Gasteiger partial charge in [-0.3, -0.25) is 4.90 Å². The lowest BCUT2D eigenvalue weighted by molar-refractivity contribution is -0.0968. The van der Waals surface area contributed by atoms with Crippen molar-refractivity contribution >= 4 is 0 Å². The summed E-state index contributed by atoms with van der Waals surface area (Å²) in [5, 5.41) is 8.30. The van der Waals surface area contributed by atoms with Gasteiger partial charge in [0.2, 0.25) is 0 Å². The normalized spacial score (nSPS) is 19.2. The van der Waals surface area contributed by atoms with Crippen molar-refractivity contribution in [2.45, 2.75) is 19.6 Å². The second kappa shape index (κ2) is 8.48. The first-order valence-electron chi connectivity index (χ1n) is 5.72. The second-order valence-electron chi connectivity index (χ2n) is 3.64. The van der Waals surface area contributed by atoms with Gasteiger partial charge in [0, 0.05) is 13.1 Å². The van der Waals surface area contributed by atoms with Gasteiger partial charge in [-0.25, -0.2) is 0 Å². The Bertz CT molecular complexity index is 212. The van der Waals surface area contributed by atoms with Gasteiger partial charge in [0.15, 0.2) is 0 Å². The first kappa shape index (κ1) is 13.4. The quantitative estimate of drug-likeness (QED) is 0.598. The van der Waals surface area contributed by atoms with Gasteiger partial charge in [-0.05, 0) is 6.92 Å². The van der Waals surface area contributed by atoms with Crippen LogP contribution in [0.25, 0.3) is 0 Å². The average molecular weight is 228 g/mol. The summed E-state index contributed by atoms with van der Waals surface area (Å²) in [6, 6.07) is 2.03. The minimum absolute atomic E-state index is 0.114. The van der Waals surface area contributed by atoms with Crippen molar-refractivity contribution < 1.29 is 14.2 Å². The molecule has 1 unspecified atom stereocenters. The molecule has 0 bridgehead atoms. The van der Waals surface area contributed by atoms with Crippen molar-refractivity contribution in [2.24, 2.45) is 0 Å². The molecule has 0 radical (unpaired) electrons. The van der Waals surface area contributed by atoms with E-state index in [1.54, 1.807) is 0 Å². The third-order valence-corrected chi connectivity index (χ3v) is 2.50. The van der Waals surface area contributed by atoms with Gasteiger partial charge >= 0.3 is 0 Å². The lowest BCUT2D eigenvalue weighted by atomic mass is 10.4. The fourth-order valence-corrected chi connectivity index (χ4v) is 1.54. The SMILES string of the molecule is CC(OCCOCCC#N)N1CCOCC1. The molecule has 0 aliphatic carbocycles. The molecule has 16 heavy (non-hydrogen) atoms. The lowest BCUT2D eigenvalue weighted by Crippen LogP contribution is -2.43. The Labute approximate surface area is 96.9 Å². The largest absolute Gasteiger partial charge is 0.379 e. The van der Waals surface area contributed by atoms with Crippen LogP contribution >= 0.6 is 0 Å². The smallest absolute Gasteiger partial charge is 0.108 e. The molecular formula is C11H20N2O3. The summed E-state index contributed by atoms with van der Waals surface area (Å²) >= 11 is 0. The standard InChI is InChI=1S/C11H20N2O3/c1-11(13-4-7-15-8-5-13)16-10-9-14-6-2-3-12/h11H,2,4-10H2,1H3.